The van der Waals surface area contributed by atoms with Gasteiger partial charge in [0.25, 0.3) is 0 Å². The topological polar surface area (TPSA) is 63.5 Å². The first-order valence-corrected chi connectivity index (χ1v) is 10.3. The first-order valence-electron chi connectivity index (χ1n) is 9.46. The van der Waals surface area contributed by atoms with Crippen molar-refractivity contribution in [2.24, 2.45) is 0 Å². The lowest BCUT2D eigenvalue weighted by atomic mass is 9.96. The third-order valence-electron chi connectivity index (χ3n) is 4.67. The summed E-state index contributed by atoms with van der Waals surface area (Å²) in [5.74, 6) is 0.783. The van der Waals surface area contributed by atoms with Gasteiger partial charge in [-0.15, -0.1) is 0 Å². The van der Waals surface area contributed by atoms with Gasteiger partial charge in [0.15, 0.2) is 5.11 Å². The minimum absolute atomic E-state index is 0.260. The Morgan fingerprint density at radius 1 is 1.07 bits per heavy atom. The van der Waals surface area contributed by atoms with E-state index in [4.69, 9.17) is 33.0 Å². The van der Waals surface area contributed by atoms with Crippen LogP contribution in [-0.4, -0.2) is 17.7 Å². The summed E-state index contributed by atoms with van der Waals surface area (Å²) in [7, 11) is 0. The molecule has 152 valence electrons. The van der Waals surface area contributed by atoms with Crippen LogP contribution in [0.5, 0.6) is 0 Å². The number of hydrogen-bond acceptors (Lipinski definition) is 4. The van der Waals surface area contributed by atoms with Crippen LogP contribution in [0.15, 0.2) is 76.7 Å². The number of thiocarbonyl (C=S) groups is 1. The lowest BCUT2D eigenvalue weighted by Gasteiger charge is -2.29. The quantitative estimate of drug-likeness (QED) is 0.427. The molecule has 0 unspecified atom stereocenters. The summed E-state index contributed by atoms with van der Waals surface area (Å²) in [6.07, 6.45) is 0. The number of carbonyl (C=O) groups excluding carboxylic acids is 1. The van der Waals surface area contributed by atoms with Gasteiger partial charge in [-0.2, -0.15) is 0 Å². The summed E-state index contributed by atoms with van der Waals surface area (Å²) in [5, 5.41) is 7.30. The molecule has 0 fully saturated rings. The van der Waals surface area contributed by atoms with Gasteiger partial charge in [0.1, 0.15) is 17.6 Å². The molecule has 4 rings (SSSR count). The van der Waals surface area contributed by atoms with E-state index >= 15 is 0 Å². The third kappa shape index (κ3) is 4.10. The Hall–Kier alpha value is -3.09. The smallest absolute Gasteiger partial charge is 0.338 e. The van der Waals surface area contributed by atoms with Crippen molar-refractivity contribution in [2.45, 2.75) is 13.0 Å². The average Bonchev–Trinajstić information content (AvgIpc) is 3.24. The number of halogens is 1. The molecule has 5 nitrogen and oxygen atoms in total. The van der Waals surface area contributed by atoms with Crippen LogP contribution in [-0.2, 0) is 9.53 Å². The van der Waals surface area contributed by atoms with Crippen LogP contribution in [0.3, 0.4) is 0 Å². The molecule has 2 N–H and O–H groups in total. The van der Waals surface area contributed by atoms with Crippen LogP contribution in [0.2, 0.25) is 5.02 Å². The highest BCUT2D eigenvalue weighted by Crippen LogP contribution is 2.35. The van der Waals surface area contributed by atoms with E-state index < -0.39 is 12.0 Å². The Labute approximate surface area is 184 Å². The van der Waals surface area contributed by atoms with Gasteiger partial charge >= 0.3 is 5.97 Å². The predicted octanol–water partition coefficient (Wildman–Crippen LogP) is 5.09. The second-order valence-electron chi connectivity index (χ2n) is 6.62. The molecule has 0 saturated carbocycles. The van der Waals surface area contributed by atoms with Crippen molar-refractivity contribution >= 4 is 40.6 Å². The van der Waals surface area contributed by atoms with Gasteiger partial charge < -0.3 is 19.8 Å². The largest absolute Gasteiger partial charge is 0.463 e. The highest BCUT2D eigenvalue weighted by atomic mass is 35.5. The van der Waals surface area contributed by atoms with Gasteiger partial charge in [-0.3, -0.25) is 0 Å². The van der Waals surface area contributed by atoms with Crippen LogP contribution >= 0.6 is 23.8 Å². The Balaban J connectivity index is 1.80. The van der Waals surface area contributed by atoms with Crippen molar-refractivity contribution in [1.82, 2.24) is 10.6 Å². The molecule has 0 bridgehead atoms. The van der Waals surface area contributed by atoms with Crippen molar-refractivity contribution in [1.29, 1.82) is 0 Å². The molecule has 1 atom stereocenters. The summed E-state index contributed by atoms with van der Waals surface area (Å²) in [5.41, 5.74) is 2.73. The molecular weight excluding hydrogens is 420 g/mol. The predicted molar refractivity (Wildman–Crippen MR) is 121 cm³/mol. The molecule has 1 aliphatic heterocycles. The number of furan rings is 1. The number of rotatable bonds is 5. The van der Waals surface area contributed by atoms with Gasteiger partial charge in [-0.05, 0) is 61.1 Å². The zero-order chi connectivity index (χ0) is 21.1. The first-order chi connectivity index (χ1) is 14.6. The maximum absolute atomic E-state index is 12.9. The number of esters is 1. The molecule has 30 heavy (non-hydrogen) atoms. The van der Waals surface area contributed by atoms with Gasteiger partial charge in [0.2, 0.25) is 0 Å². The zero-order valence-electron chi connectivity index (χ0n) is 16.1. The fourth-order valence-corrected chi connectivity index (χ4v) is 3.66. The summed E-state index contributed by atoms with van der Waals surface area (Å²) in [4.78, 5) is 12.9. The normalized spacial score (nSPS) is 16.1. The van der Waals surface area contributed by atoms with Crippen molar-refractivity contribution in [3.05, 3.63) is 88.6 Å². The second kappa shape index (κ2) is 8.73. The Bertz CT molecular complexity index is 1110. The maximum Gasteiger partial charge on any atom is 0.338 e. The molecular formula is C23H19ClN2O3S. The Morgan fingerprint density at radius 2 is 1.80 bits per heavy atom. The van der Waals surface area contributed by atoms with Gasteiger partial charge in [0, 0.05) is 10.6 Å². The monoisotopic (exact) mass is 438 g/mol. The van der Waals surface area contributed by atoms with E-state index in [1.165, 1.54) is 0 Å². The van der Waals surface area contributed by atoms with Crippen molar-refractivity contribution < 1.29 is 13.9 Å². The molecule has 2 aromatic carbocycles. The molecule has 0 spiro atoms. The van der Waals surface area contributed by atoms with Crippen LogP contribution in [0.4, 0.5) is 0 Å². The average molecular weight is 439 g/mol. The fraction of sp³-hybridized carbons (Fsp3) is 0.130. The number of hydrogen-bond donors (Lipinski definition) is 2. The van der Waals surface area contributed by atoms with E-state index in [2.05, 4.69) is 10.6 Å². The summed E-state index contributed by atoms with van der Waals surface area (Å²) in [6.45, 7) is 2.03. The first kappa shape index (κ1) is 20.2. The summed E-state index contributed by atoms with van der Waals surface area (Å²) in [6, 6.07) is 20.0. The molecule has 0 saturated heterocycles. The van der Waals surface area contributed by atoms with Crippen LogP contribution in [0.25, 0.3) is 17.0 Å². The number of ether oxygens (including phenoxy) is 1. The molecule has 1 aliphatic rings. The number of nitrogens with one attached hydrogen (secondary N) is 2. The summed E-state index contributed by atoms with van der Waals surface area (Å²) >= 11 is 11.4. The lowest BCUT2D eigenvalue weighted by Crippen LogP contribution is -2.45. The van der Waals surface area contributed by atoms with Crippen molar-refractivity contribution in [2.75, 3.05) is 6.61 Å². The van der Waals surface area contributed by atoms with E-state index in [9.17, 15) is 4.79 Å². The molecule has 0 radical (unpaired) electrons. The van der Waals surface area contributed by atoms with E-state index in [1.807, 2.05) is 54.6 Å². The maximum atomic E-state index is 12.9. The highest BCUT2D eigenvalue weighted by Gasteiger charge is 2.35. The van der Waals surface area contributed by atoms with Gasteiger partial charge in [-0.1, -0.05) is 41.9 Å². The Kier molecular flexibility index (Phi) is 5.88. The van der Waals surface area contributed by atoms with Crippen LogP contribution < -0.4 is 10.6 Å². The molecule has 0 amide bonds. The molecule has 7 heteroatoms. The van der Waals surface area contributed by atoms with E-state index in [-0.39, 0.29) is 6.61 Å². The fourth-order valence-electron chi connectivity index (χ4n) is 3.32. The molecule has 3 aromatic rings. The minimum atomic E-state index is -0.589. The number of benzene rings is 2. The Morgan fingerprint density at radius 3 is 2.50 bits per heavy atom. The van der Waals surface area contributed by atoms with E-state index in [1.54, 1.807) is 19.1 Å². The standard InChI is InChI=1S/C23H19ClN2O3S/c1-2-28-22(27)19-20(15-6-4-3-5-7-15)25-23(30)26-21(19)18-13-12-17(29-18)14-8-10-16(24)11-9-14/h3-13,21H,2H2,1H3,(H2,25,26,30)/t21-/m0/s1. The number of carbonyl (C=O) groups is 1. The lowest BCUT2D eigenvalue weighted by molar-refractivity contribution is -0.138. The van der Waals surface area contributed by atoms with Crippen LogP contribution in [0, 0.1) is 0 Å². The SMILES string of the molecule is CCOC(=O)C1=C(c2ccccc2)NC(=S)N[C@H]1c1ccc(-c2ccc(Cl)cc2)o1. The molecule has 1 aromatic heterocycles. The van der Waals surface area contributed by atoms with Gasteiger partial charge in [-0.25, -0.2) is 4.79 Å². The highest BCUT2D eigenvalue weighted by molar-refractivity contribution is 7.80. The van der Waals surface area contributed by atoms with Crippen LogP contribution in [0.1, 0.15) is 24.3 Å². The molecule has 0 aliphatic carbocycles. The van der Waals surface area contributed by atoms with Gasteiger partial charge in [0.05, 0.1) is 17.9 Å². The minimum Gasteiger partial charge on any atom is -0.463 e. The summed E-state index contributed by atoms with van der Waals surface area (Å²) < 4.78 is 11.5. The van der Waals surface area contributed by atoms with Crippen molar-refractivity contribution in [3.8, 4) is 11.3 Å². The second-order valence-corrected chi connectivity index (χ2v) is 7.46. The van der Waals surface area contributed by atoms with Crippen molar-refractivity contribution in [3.63, 3.8) is 0 Å². The van der Waals surface area contributed by atoms with E-state index in [0.717, 1.165) is 11.1 Å². The van der Waals surface area contributed by atoms with E-state index in [0.29, 0.717) is 32.9 Å². The molecule has 2 heterocycles. The zero-order valence-corrected chi connectivity index (χ0v) is 17.7. The third-order valence-corrected chi connectivity index (χ3v) is 5.14.